The summed E-state index contributed by atoms with van der Waals surface area (Å²) in [4.78, 5) is 23.6. The van der Waals surface area contributed by atoms with Gasteiger partial charge in [0.15, 0.2) is 5.76 Å². The van der Waals surface area contributed by atoms with Gasteiger partial charge in [-0.05, 0) is 31.4 Å². The maximum atomic E-state index is 12.4. The lowest BCUT2D eigenvalue weighted by atomic mass is 10.1. The average molecular weight is 387 g/mol. The number of benzene rings is 1. The molecule has 0 bridgehead atoms. The fourth-order valence-corrected chi connectivity index (χ4v) is 3.15. The molecule has 2 heterocycles. The van der Waals surface area contributed by atoms with E-state index in [-0.39, 0.29) is 29.7 Å². The number of aryl methyl sites for hydroxylation is 2. The zero-order chi connectivity index (χ0) is 20.1. The molecule has 0 aliphatic carbocycles. The van der Waals surface area contributed by atoms with E-state index in [0.29, 0.717) is 18.8 Å². The Kier molecular flexibility index (Phi) is 6.36. The Morgan fingerprint density at radius 2 is 2.14 bits per heavy atom. The van der Waals surface area contributed by atoms with Crippen molar-refractivity contribution in [2.75, 3.05) is 13.2 Å². The van der Waals surface area contributed by atoms with Crippen molar-refractivity contribution in [2.45, 2.75) is 45.8 Å². The number of rotatable bonds is 8. The van der Waals surface area contributed by atoms with Crippen LogP contribution in [-0.4, -0.2) is 36.3 Å². The summed E-state index contributed by atoms with van der Waals surface area (Å²) in [5.74, 6) is -0.594. The molecule has 1 aliphatic rings. The van der Waals surface area contributed by atoms with Crippen LogP contribution in [0.5, 0.6) is 5.75 Å². The van der Waals surface area contributed by atoms with Crippen molar-refractivity contribution in [1.82, 2.24) is 5.32 Å². The van der Waals surface area contributed by atoms with Crippen LogP contribution in [0.3, 0.4) is 0 Å². The predicted octanol–water partition coefficient (Wildman–Crippen LogP) is 3.34. The highest BCUT2D eigenvalue weighted by Gasteiger charge is 2.21. The second-order valence-electron chi connectivity index (χ2n) is 6.85. The van der Waals surface area contributed by atoms with Gasteiger partial charge in [0.1, 0.15) is 23.7 Å². The molecular weight excluding hydrogens is 362 g/mol. The Morgan fingerprint density at radius 1 is 1.32 bits per heavy atom. The van der Waals surface area contributed by atoms with Gasteiger partial charge < -0.3 is 24.3 Å². The molecule has 1 saturated heterocycles. The fraction of sp³-hybridized carbons (Fsp3) is 0.429. The van der Waals surface area contributed by atoms with Crippen LogP contribution in [0.1, 0.15) is 57.6 Å². The molecule has 1 aromatic heterocycles. The number of amides is 1. The third-order valence-electron chi connectivity index (χ3n) is 4.70. The van der Waals surface area contributed by atoms with Crippen LogP contribution >= 0.6 is 0 Å². The number of ether oxygens (including phenoxy) is 2. The van der Waals surface area contributed by atoms with Crippen LogP contribution in [0.25, 0.3) is 0 Å². The molecule has 1 aliphatic heterocycles. The predicted molar refractivity (Wildman–Crippen MR) is 102 cm³/mol. The third kappa shape index (κ3) is 4.72. The summed E-state index contributed by atoms with van der Waals surface area (Å²) in [7, 11) is 0. The molecule has 2 N–H and O–H groups in total. The molecule has 1 aromatic carbocycles. The first-order valence-electron chi connectivity index (χ1n) is 9.46. The molecular formula is C21H25NO6. The fourth-order valence-electron chi connectivity index (χ4n) is 3.15. The van der Waals surface area contributed by atoms with Crippen molar-refractivity contribution < 1.29 is 28.6 Å². The van der Waals surface area contributed by atoms with E-state index in [1.54, 1.807) is 6.92 Å². The van der Waals surface area contributed by atoms with Crippen LogP contribution < -0.4 is 10.1 Å². The van der Waals surface area contributed by atoms with Gasteiger partial charge in [-0.1, -0.05) is 19.1 Å². The lowest BCUT2D eigenvalue weighted by molar-refractivity contribution is 0.0675. The molecule has 7 nitrogen and oxygen atoms in total. The molecule has 1 atom stereocenters. The Bertz CT molecular complexity index is 851. The van der Waals surface area contributed by atoms with Crippen LogP contribution in [0.2, 0.25) is 0 Å². The second kappa shape index (κ2) is 8.93. The van der Waals surface area contributed by atoms with Gasteiger partial charge in [-0.25, -0.2) is 4.79 Å². The van der Waals surface area contributed by atoms with Gasteiger partial charge in [-0.3, -0.25) is 4.79 Å². The minimum atomic E-state index is -1.11. The minimum absolute atomic E-state index is 0.0109. The molecule has 1 fully saturated rings. The van der Waals surface area contributed by atoms with Crippen LogP contribution in [-0.2, 0) is 17.7 Å². The zero-order valence-corrected chi connectivity index (χ0v) is 16.1. The van der Waals surface area contributed by atoms with Crippen molar-refractivity contribution >= 4 is 11.9 Å². The number of nitrogens with one attached hydrogen (secondary N) is 1. The number of carbonyl (C=O) groups is 2. The molecule has 2 aromatic rings. The van der Waals surface area contributed by atoms with Crippen molar-refractivity contribution in [3.05, 3.63) is 52.5 Å². The lowest BCUT2D eigenvalue weighted by Crippen LogP contribution is -2.23. The minimum Gasteiger partial charge on any atom is -0.491 e. The molecule has 0 saturated carbocycles. The number of carboxylic acids is 1. The Morgan fingerprint density at radius 3 is 2.79 bits per heavy atom. The highest BCUT2D eigenvalue weighted by atomic mass is 16.5. The molecule has 1 amide bonds. The summed E-state index contributed by atoms with van der Waals surface area (Å²) >= 11 is 0. The smallest absolute Gasteiger partial charge is 0.339 e. The summed E-state index contributed by atoms with van der Waals surface area (Å²) in [6.45, 7) is 5.24. The summed E-state index contributed by atoms with van der Waals surface area (Å²) in [6.07, 6.45) is 2.54. The molecule has 0 radical (unpaired) electrons. The van der Waals surface area contributed by atoms with Gasteiger partial charge in [-0.15, -0.1) is 0 Å². The van der Waals surface area contributed by atoms with E-state index < -0.39 is 11.9 Å². The molecule has 150 valence electrons. The summed E-state index contributed by atoms with van der Waals surface area (Å²) in [5, 5.41) is 12.0. The topological polar surface area (TPSA) is 98.0 Å². The maximum absolute atomic E-state index is 12.4. The second-order valence-corrected chi connectivity index (χ2v) is 6.85. The first-order chi connectivity index (χ1) is 13.5. The van der Waals surface area contributed by atoms with E-state index >= 15 is 0 Å². The molecule has 7 heteroatoms. The number of furan rings is 1. The SMILES string of the molecule is CCc1oc(C(=O)NCc2ccc(C)cc2OCC2CCCO2)cc1C(=O)O. The first-order valence-corrected chi connectivity index (χ1v) is 9.46. The molecule has 1 unspecified atom stereocenters. The molecule has 3 rings (SSSR count). The van der Waals surface area contributed by atoms with E-state index in [2.05, 4.69) is 5.32 Å². The number of hydrogen-bond acceptors (Lipinski definition) is 5. The summed E-state index contributed by atoms with van der Waals surface area (Å²) in [6, 6.07) is 7.05. The largest absolute Gasteiger partial charge is 0.491 e. The zero-order valence-electron chi connectivity index (χ0n) is 16.1. The summed E-state index contributed by atoms with van der Waals surface area (Å²) in [5.41, 5.74) is 1.91. The number of carbonyl (C=O) groups excluding carboxylic acids is 1. The van der Waals surface area contributed by atoms with E-state index in [4.69, 9.17) is 13.9 Å². The normalized spacial score (nSPS) is 16.1. The van der Waals surface area contributed by atoms with E-state index in [0.717, 1.165) is 30.6 Å². The van der Waals surface area contributed by atoms with Gasteiger partial charge in [-0.2, -0.15) is 0 Å². The van der Waals surface area contributed by atoms with Crippen molar-refractivity contribution in [3.63, 3.8) is 0 Å². The van der Waals surface area contributed by atoms with E-state index in [9.17, 15) is 14.7 Å². The number of hydrogen-bond donors (Lipinski definition) is 2. The van der Waals surface area contributed by atoms with E-state index in [1.165, 1.54) is 6.07 Å². The highest BCUT2D eigenvalue weighted by Crippen LogP contribution is 2.23. The van der Waals surface area contributed by atoms with Gasteiger partial charge >= 0.3 is 5.97 Å². The monoisotopic (exact) mass is 387 g/mol. The quantitative estimate of drug-likeness (QED) is 0.721. The number of aromatic carboxylic acids is 1. The van der Waals surface area contributed by atoms with Gasteiger partial charge in [0.05, 0.1) is 6.10 Å². The van der Waals surface area contributed by atoms with Gasteiger partial charge in [0, 0.05) is 31.2 Å². The molecule has 28 heavy (non-hydrogen) atoms. The van der Waals surface area contributed by atoms with Crippen molar-refractivity contribution in [1.29, 1.82) is 0 Å². The highest BCUT2D eigenvalue weighted by molar-refractivity contribution is 5.96. The lowest BCUT2D eigenvalue weighted by Gasteiger charge is -2.15. The summed E-state index contributed by atoms with van der Waals surface area (Å²) < 4.78 is 16.9. The van der Waals surface area contributed by atoms with Crippen LogP contribution in [0.15, 0.2) is 28.7 Å². The standard InChI is InChI=1S/C21H25NO6/c1-3-17-16(21(24)25)10-19(28-17)20(23)22-11-14-7-6-13(2)9-18(14)27-12-15-5-4-8-26-15/h6-7,9-10,15H,3-5,8,11-12H2,1-2H3,(H,22,23)(H,24,25). The molecule has 0 spiro atoms. The average Bonchev–Trinajstić information content (AvgIpc) is 3.34. The van der Waals surface area contributed by atoms with Gasteiger partial charge in [0.2, 0.25) is 0 Å². The number of carboxylic acid groups (broad SMARTS) is 1. The third-order valence-corrected chi connectivity index (χ3v) is 4.70. The Labute approximate surface area is 163 Å². The van der Waals surface area contributed by atoms with Crippen molar-refractivity contribution in [2.24, 2.45) is 0 Å². The van der Waals surface area contributed by atoms with Crippen molar-refractivity contribution in [3.8, 4) is 5.75 Å². The Hall–Kier alpha value is -2.80. The maximum Gasteiger partial charge on any atom is 0.339 e. The van der Waals surface area contributed by atoms with Crippen LogP contribution in [0, 0.1) is 6.92 Å². The van der Waals surface area contributed by atoms with Gasteiger partial charge in [0.25, 0.3) is 5.91 Å². The Balaban J connectivity index is 1.66. The first kappa shape index (κ1) is 19.9. The van der Waals surface area contributed by atoms with E-state index in [1.807, 2.05) is 25.1 Å². The van der Waals surface area contributed by atoms with Crippen LogP contribution in [0.4, 0.5) is 0 Å².